The molecule has 0 aliphatic rings. The molecule has 2 rings (SSSR count). The molecule has 19 heavy (non-hydrogen) atoms. The summed E-state index contributed by atoms with van der Waals surface area (Å²) < 4.78 is 0. The summed E-state index contributed by atoms with van der Waals surface area (Å²) in [6.07, 6.45) is 2.73. The molecule has 0 radical (unpaired) electrons. The molecular weight excluding hydrogens is 248 g/mol. The first-order chi connectivity index (χ1) is 9.09. The Morgan fingerprint density at radius 3 is 1.47 bits per heavy atom. The van der Waals surface area contributed by atoms with E-state index in [4.69, 9.17) is 10.2 Å². The van der Waals surface area contributed by atoms with E-state index >= 15 is 0 Å². The number of carboxylic acids is 2. The number of hydrogen-bond acceptors (Lipinski definition) is 4. The summed E-state index contributed by atoms with van der Waals surface area (Å²) in [5.74, 6) is -2.62. The molecule has 0 saturated heterocycles. The van der Waals surface area contributed by atoms with Gasteiger partial charge in [-0.05, 0) is 24.3 Å². The van der Waals surface area contributed by atoms with Crippen LogP contribution in [-0.4, -0.2) is 32.1 Å². The van der Waals surface area contributed by atoms with Crippen molar-refractivity contribution in [3.8, 4) is 11.4 Å². The van der Waals surface area contributed by atoms with Gasteiger partial charge in [0.2, 0.25) is 0 Å². The number of carboxylic acid groups (broad SMARTS) is 2. The number of hydrogen-bond donors (Lipinski definition) is 2. The molecule has 0 bridgehead atoms. The maximum atomic E-state index is 9.43. The SMILES string of the molecule is O=C(O)CC(=O)O.c1ccc(-c2ccccn2)nc1. The second-order valence-corrected chi connectivity index (χ2v) is 3.39. The third-order valence-corrected chi connectivity index (χ3v) is 1.89. The molecule has 0 saturated carbocycles. The van der Waals surface area contributed by atoms with Crippen LogP contribution in [0.3, 0.4) is 0 Å². The first-order valence-corrected chi connectivity index (χ1v) is 5.35. The lowest BCUT2D eigenvalue weighted by atomic mass is 10.2. The summed E-state index contributed by atoms with van der Waals surface area (Å²) in [5.41, 5.74) is 1.83. The zero-order valence-electron chi connectivity index (χ0n) is 9.93. The predicted molar refractivity (Wildman–Crippen MR) is 67.4 cm³/mol. The normalized spacial score (nSPS) is 9.05. The number of nitrogens with zero attached hydrogens (tertiary/aromatic N) is 2. The number of rotatable bonds is 3. The lowest BCUT2D eigenvalue weighted by Gasteiger charge is -1.96. The molecule has 0 aliphatic carbocycles. The molecule has 0 aliphatic heterocycles. The molecule has 2 heterocycles. The van der Waals surface area contributed by atoms with Crippen LogP contribution in [0.2, 0.25) is 0 Å². The van der Waals surface area contributed by atoms with Gasteiger partial charge in [0, 0.05) is 12.4 Å². The van der Waals surface area contributed by atoms with Crippen molar-refractivity contribution < 1.29 is 19.8 Å². The quantitative estimate of drug-likeness (QED) is 0.814. The van der Waals surface area contributed by atoms with Crippen LogP contribution < -0.4 is 0 Å². The van der Waals surface area contributed by atoms with E-state index < -0.39 is 18.4 Å². The molecule has 98 valence electrons. The fourth-order valence-corrected chi connectivity index (χ4v) is 1.16. The summed E-state index contributed by atoms with van der Waals surface area (Å²) in [7, 11) is 0. The van der Waals surface area contributed by atoms with Gasteiger partial charge in [0.25, 0.3) is 0 Å². The molecule has 0 spiro atoms. The maximum Gasteiger partial charge on any atom is 0.314 e. The molecule has 0 aromatic carbocycles. The Balaban J connectivity index is 0.000000224. The van der Waals surface area contributed by atoms with Gasteiger partial charge in [-0.2, -0.15) is 0 Å². The minimum absolute atomic E-state index is 0.806. The van der Waals surface area contributed by atoms with Gasteiger partial charge in [0.1, 0.15) is 6.42 Å². The lowest BCUT2D eigenvalue weighted by molar-refractivity contribution is -0.147. The smallest absolute Gasteiger partial charge is 0.314 e. The third-order valence-electron chi connectivity index (χ3n) is 1.89. The van der Waals surface area contributed by atoms with E-state index in [9.17, 15) is 9.59 Å². The van der Waals surface area contributed by atoms with Gasteiger partial charge >= 0.3 is 11.9 Å². The molecular formula is C13H12N2O4. The van der Waals surface area contributed by atoms with Gasteiger partial charge in [-0.15, -0.1) is 0 Å². The van der Waals surface area contributed by atoms with Crippen molar-refractivity contribution in [2.45, 2.75) is 6.42 Å². The van der Waals surface area contributed by atoms with Crippen LogP contribution in [0.4, 0.5) is 0 Å². The van der Waals surface area contributed by atoms with Crippen molar-refractivity contribution in [3.63, 3.8) is 0 Å². The summed E-state index contributed by atoms with van der Waals surface area (Å²) in [4.78, 5) is 27.2. The van der Waals surface area contributed by atoms with Crippen molar-refractivity contribution in [1.29, 1.82) is 0 Å². The van der Waals surface area contributed by atoms with Crippen molar-refractivity contribution in [2.24, 2.45) is 0 Å². The minimum Gasteiger partial charge on any atom is -0.481 e. The number of aromatic nitrogens is 2. The molecule has 2 aromatic rings. The summed E-state index contributed by atoms with van der Waals surface area (Å²) in [6, 6.07) is 11.6. The van der Waals surface area contributed by atoms with Gasteiger partial charge in [0.05, 0.1) is 11.4 Å². The van der Waals surface area contributed by atoms with Crippen LogP contribution in [0.25, 0.3) is 11.4 Å². The molecule has 0 fully saturated rings. The highest BCUT2D eigenvalue weighted by molar-refractivity contribution is 5.88. The van der Waals surface area contributed by atoms with Crippen LogP contribution >= 0.6 is 0 Å². The van der Waals surface area contributed by atoms with E-state index in [1.54, 1.807) is 12.4 Å². The third kappa shape index (κ3) is 5.92. The highest BCUT2D eigenvalue weighted by Crippen LogP contribution is 2.10. The minimum atomic E-state index is -1.31. The van der Waals surface area contributed by atoms with Crippen molar-refractivity contribution in [3.05, 3.63) is 48.8 Å². The van der Waals surface area contributed by atoms with Gasteiger partial charge in [-0.1, -0.05) is 12.1 Å². The number of carbonyl (C=O) groups is 2. The van der Waals surface area contributed by atoms with Crippen LogP contribution in [0, 0.1) is 0 Å². The summed E-state index contributed by atoms with van der Waals surface area (Å²) in [5, 5.41) is 15.4. The molecule has 2 aromatic heterocycles. The Morgan fingerprint density at radius 1 is 0.842 bits per heavy atom. The molecule has 0 unspecified atom stereocenters. The van der Waals surface area contributed by atoms with Crippen LogP contribution in [0.15, 0.2) is 48.8 Å². The lowest BCUT2D eigenvalue weighted by Crippen LogP contribution is -2.03. The van der Waals surface area contributed by atoms with Crippen molar-refractivity contribution in [2.75, 3.05) is 0 Å². The van der Waals surface area contributed by atoms with Crippen LogP contribution in [0.5, 0.6) is 0 Å². The highest BCUT2D eigenvalue weighted by atomic mass is 16.4. The van der Waals surface area contributed by atoms with Gasteiger partial charge < -0.3 is 10.2 Å². The zero-order chi connectivity index (χ0) is 14.1. The van der Waals surface area contributed by atoms with Gasteiger partial charge in [-0.25, -0.2) is 0 Å². The van der Waals surface area contributed by atoms with Gasteiger partial charge in [-0.3, -0.25) is 19.6 Å². The monoisotopic (exact) mass is 260 g/mol. The van der Waals surface area contributed by atoms with Crippen LogP contribution in [0.1, 0.15) is 6.42 Å². The maximum absolute atomic E-state index is 9.43. The second-order valence-electron chi connectivity index (χ2n) is 3.39. The van der Waals surface area contributed by atoms with E-state index in [0.717, 1.165) is 11.4 Å². The average Bonchev–Trinajstić information content (AvgIpc) is 2.40. The predicted octanol–water partition coefficient (Wildman–Crippen LogP) is 1.69. The largest absolute Gasteiger partial charge is 0.481 e. The first-order valence-electron chi connectivity index (χ1n) is 5.35. The van der Waals surface area contributed by atoms with E-state index in [1.807, 2.05) is 36.4 Å². The van der Waals surface area contributed by atoms with Crippen molar-refractivity contribution in [1.82, 2.24) is 9.97 Å². The number of pyridine rings is 2. The molecule has 6 heteroatoms. The number of aliphatic carboxylic acids is 2. The van der Waals surface area contributed by atoms with E-state index in [0.29, 0.717) is 0 Å². The first kappa shape index (κ1) is 14.3. The standard InChI is InChI=1S/C10H8N2.C3H4O4/c1-3-7-11-9(5-1)10-6-2-4-8-12-10;4-2(5)1-3(6)7/h1-8H;1H2,(H,4,5)(H,6,7). The van der Waals surface area contributed by atoms with Crippen LogP contribution in [-0.2, 0) is 9.59 Å². The summed E-state index contributed by atoms with van der Waals surface area (Å²) >= 11 is 0. The summed E-state index contributed by atoms with van der Waals surface area (Å²) in [6.45, 7) is 0. The Hall–Kier alpha value is -2.76. The Labute approximate surface area is 109 Å². The highest BCUT2D eigenvalue weighted by Gasteiger charge is 2.01. The van der Waals surface area contributed by atoms with Crippen molar-refractivity contribution >= 4 is 11.9 Å². The van der Waals surface area contributed by atoms with E-state index in [-0.39, 0.29) is 0 Å². The second kappa shape index (κ2) is 7.54. The Kier molecular flexibility index (Phi) is 5.68. The topological polar surface area (TPSA) is 100 Å². The van der Waals surface area contributed by atoms with E-state index in [1.165, 1.54) is 0 Å². The molecule has 0 amide bonds. The fraction of sp³-hybridized carbons (Fsp3) is 0.0769. The zero-order valence-corrected chi connectivity index (χ0v) is 9.93. The molecule has 2 N–H and O–H groups in total. The molecule has 0 atom stereocenters. The van der Waals surface area contributed by atoms with Gasteiger partial charge in [0.15, 0.2) is 0 Å². The molecule has 6 nitrogen and oxygen atoms in total. The fourth-order valence-electron chi connectivity index (χ4n) is 1.16. The Morgan fingerprint density at radius 2 is 1.26 bits per heavy atom. The average molecular weight is 260 g/mol. The Bertz CT molecular complexity index is 479. The van der Waals surface area contributed by atoms with E-state index in [2.05, 4.69) is 9.97 Å².